The van der Waals surface area contributed by atoms with Crippen LogP contribution in [0.5, 0.6) is 0 Å². The van der Waals surface area contributed by atoms with Gasteiger partial charge in [0, 0.05) is 18.5 Å². The fourth-order valence-electron chi connectivity index (χ4n) is 0.558. The molecule has 62 valence electrons. The average molecular weight is 166 g/mol. The topological polar surface area (TPSA) is 72.1 Å². The van der Waals surface area contributed by atoms with Crippen molar-refractivity contribution >= 4 is 11.9 Å². The number of rotatable bonds is 2. The summed E-state index contributed by atoms with van der Waals surface area (Å²) in [4.78, 5) is 27.5. The van der Waals surface area contributed by atoms with E-state index in [1.807, 2.05) is 0 Å². The number of esters is 2. The normalized spacial score (nSPS) is 9.00. The van der Waals surface area contributed by atoms with Crippen LogP contribution in [0.1, 0.15) is 10.6 Å². The van der Waals surface area contributed by atoms with Gasteiger partial charge < -0.3 is 9.72 Å². The maximum Gasteiger partial charge on any atom is 0.382 e. The van der Waals surface area contributed by atoms with E-state index in [0.29, 0.717) is 0 Å². The third-order valence-corrected chi connectivity index (χ3v) is 1.05. The number of nitrogens with one attached hydrogen (secondary N) is 1. The Morgan fingerprint density at radius 3 is 2.92 bits per heavy atom. The minimum absolute atomic E-state index is 0.00907. The van der Waals surface area contributed by atoms with Crippen molar-refractivity contribution < 1.29 is 14.3 Å². The molecule has 1 heterocycles. The minimum Gasteiger partial charge on any atom is -0.384 e. The summed E-state index contributed by atoms with van der Waals surface area (Å²) in [5.74, 6) is -1.62. The molecule has 1 aromatic heterocycles. The average Bonchev–Trinajstić information content (AvgIpc) is 2.56. The maximum absolute atomic E-state index is 10.9. The number of ether oxygens (including phenoxy) is 1. The molecule has 0 unspecified atom stereocenters. The van der Waals surface area contributed by atoms with Crippen molar-refractivity contribution in [3.8, 4) is 0 Å². The van der Waals surface area contributed by atoms with Gasteiger partial charge in [0.1, 0.15) is 0 Å². The molecule has 0 aliphatic heterocycles. The summed E-state index contributed by atoms with van der Waals surface area (Å²) in [7, 11) is 0. The van der Waals surface area contributed by atoms with E-state index in [1.54, 1.807) is 0 Å². The summed E-state index contributed by atoms with van der Waals surface area (Å²) in [6.45, 7) is 3.14. The van der Waals surface area contributed by atoms with Crippen LogP contribution in [0, 0.1) is 0 Å². The lowest BCUT2D eigenvalue weighted by Gasteiger charge is -1.94. The Labute approximate surface area is 68.1 Å². The second-order valence-electron chi connectivity index (χ2n) is 1.85. The zero-order chi connectivity index (χ0) is 8.97. The van der Waals surface area contributed by atoms with Crippen LogP contribution in [0.25, 0.3) is 0 Å². The van der Waals surface area contributed by atoms with Gasteiger partial charge in [0.15, 0.2) is 0 Å². The van der Waals surface area contributed by atoms with Gasteiger partial charge in [0.2, 0.25) is 5.82 Å². The smallest absolute Gasteiger partial charge is 0.382 e. The first-order valence-corrected chi connectivity index (χ1v) is 3.12. The Kier molecular flexibility index (Phi) is 2.37. The first-order chi connectivity index (χ1) is 5.74. The van der Waals surface area contributed by atoms with E-state index >= 15 is 0 Å². The summed E-state index contributed by atoms with van der Waals surface area (Å²) < 4.78 is 4.25. The van der Waals surface area contributed by atoms with Crippen LogP contribution < -0.4 is 0 Å². The molecule has 0 aliphatic rings. The van der Waals surface area contributed by atoms with Gasteiger partial charge in [0.05, 0.1) is 0 Å². The Balaban J connectivity index is 2.62. The summed E-state index contributed by atoms with van der Waals surface area (Å²) >= 11 is 0. The highest BCUT2D eigenvalue weighted by Gasteiger charge is 2.11. The first-order valence-electron chi connectivity index (χ1n) is 3.12. The number of imidazole rings is 1. The summed E-state index contributed by atoms with van der Waals surface area (Å²) in [5, 5.41) is 0. The zero-order valence-corrected chi connectivity index (χ0v) is 6.11. The summed E-state index contributed by atoms with van der Waals surface area (Å²) in [6, 6.07) is 0. The van der Waals surface area contributed by atoms with Crippen LogP contribution in [0.4, 0.5) is 0 Å². The van der Waals surface area contributed by atoms with Crippen LogP contribution in [0.3, 0.4) is 0 Å². The van der Waals surface area contributed by atoms with Crippen LogP contribution in [-0.4, -0.2) is 21.9 Å². The molecule has 5 heteroatoms. The number of aromatic nitrogens is 2. The molecule has 12 heavy (non-hydrogen) atoms. The number of carbonyl (C=O) groups is 2. The van der Waals surface area contributed by atoms with E-state index in [4.69, 9.17) is 0 Å². The van der Waals surface area contributed by atoms with Gasteiger partial charge in [-0.15, -0.1) is 0 Å². The van der Waals surface area contributed by atoms with E-state index in [9.17, 15) is 9.59 Å². The van der Waals surface area contributed by atoms with Crippen molar-refractivity contribution in [3.63, 3.8) is 0 Å². The molecule has 0 amide bonds. The van der Waals surface area contributed by atoms with Crippen LogP contribution in [0.15, 0.2) is 25.0 Å². The quantitative estimate of drug-likeness (QED) is 0.389. The Bertz CT molecular complexity index is 302. The largest absolute Gasteiger partial charge is 0.384 e. The Hall–Kier alpha value is -1.91. The van der Waals surface area contributed by atoms with E-state index in [2.05, 4.69) is 21.3 Å². The molecule has 0 saturated carbocycles. The van der Waals surface area contributed by atoms with Crippen molar-refractivity contribution in [2.45, 2.75) is 0 Å². The molecule has 1 aromatic rings. The van der Waals surface area contributed by atoms with Crippen molar-refractivity contribution in [2.75, 3.05) is 0 Å². The fourth-order valence-corrected chi connectivity index (χ4v) is 0.558. The summed E-state index contributed by atoms with van der Waals surface area (Å²) in [6.07, 6.45) is 3.74. The van der Waals surface area contributed by atoms with Gasteiger partial charge >= 0.3 is 11.9 Å². The predicted molar refractivity (Wildman–Crippen MR) is 39.2 cm³/mol. The van der Waals surface area contributed by atoms with Crippen molar-refractivity contribution in [1.82, 2.24) is 9.97 Å². The number of H-pyrrole nitrogens is 1. The molecule has 5 nitrogen and oxygen atoms in total. The van der Waals surface area contributed by atoms with E-state index in [0.717, 1.165) is 6.08 Å². The monoisotopic (exact) mass is 166 g/mol. The van der Waals surface area contributed by atoms with Gasteiger partial charge in [-0.3, -0.25) is 0 Å². The molecule has 0 spiro atoms. The van der Waals surface area contributed by atoms with E-state index in [1.165, 1.54) is 12.4 Å². The lowest BCUT2D eigenvalue weighted by atomic mass is 10.6. The van der Waals surface area contributed by atoms with Gasteiger partial charge in [0.25, 0.3) is 0 Å². The van der Waals surface area contributed by atoms with Crippen molar-refractivity contribution in [3.05, 3.63) is 30.9 Å². The second-order valence-corrected chi connectivity index (χ2v) is 1.85. The molecule has 0 radical (unpaired) electrons. The predicted octanol–water partition coefficient (Wildman–Crippen LogP) is 0.279. The van der Waals surface area contributed by atoms with Crippen LogP contribution in [0.2, 0.25) is 0 Å². The van der Waals surface area contributed by atoms with Gasteiger partial charge in [-0.2, -0.15) is 0 Å². The highest BCUT2D eigenvalue weighted by atomic mass is 16.6. The molecule has 0 aromatic carbocycles. The SMILES string of the molecule is C=CC(=O)OC(=O)c1ncc[nH]1. The number of aromatic amines is 1. The lowest BCUT2D eigenvalue weighted by molar-refractivity contribution is -0.132. The van der Waals surface area contributed by atoms with Crippen LogP contribution >= 0.6 is 0 Å². The fraction of sp³-hybridized carbons (Fsp3) is 0. The number of hydrogen-bond acceptors (Lipinski definition) is 4. The lowest BCUT2D eigenvalue weighted by Crippen LogP contribution is -2.11. The molecule has 0 saturated heterocycles. The standard InChI is InChI=1S/C7H6N2O3/c1-2-5(10)12-7(11)6-8-3-4-9-6/h2-4H,1H2,(H,8,9). The zero-order valence-electron chi connectivity index (χ0n) is 6.11. The molecule has 1 rings (SSSR count). The molecular weight excluding hydrogens is 160 g/mol. The maximum atomic E-state index is 10.9. The van der Waals surface area contributed by atoms with Gasteiger partial charge in [-0.25, -0.2) is 14.6 Å². The van der Waals surface area contributed by atoms with Crippen molar-refractivity contribution in [1.29, 1.82) is 0 Å². The third kappa shape index (κ3) is 1.79. The van der Waals surface area contributed by atoms with E-state index < -0.39 is 11.9 Å². The molecule has 0 atom stereocenters. The first kappa shape index (κ1) is 8.19. The number of nitrogens with zero attached hydrogens (tertiary/aromatic N) is 1. The summed E-state index contributed by atoms with van der Waals surface area (Å²) in [5.41, 5.74) is 0. The molecular formula is C7H6N2O3. The highest BCUT2D eigenvalue weighted by molar-refractivity contribution is 5.97. The van der Waals surface area contributed by atoms with Gasteiger partial charge in [-0.05, 0) is 0 Å². The Morgan fingerprint density at radius 1 is 1.67 bits per heavy atom. The second kappa shape index (κ2) is 3.47. The van der Waals surface area contributed by atoms with Crippen molar-refractivity contribution in [2.24, 2.45) is 0 Å². The van der Waals surface area contributed by atoms with Gasteiger partial charge in [-0.1, -0.05) is 6.58 Å². The minimum atomic E-state index is -0.815. The Morgan fingerprint density at radius 2 is 2.42 bits per heavy atom. The van der Waals surface area contributed by atoms with E-state index in [-0.39, 0.29) is 5.82 Å². The third-order valence-electron chi connectivity index (χ3n) is 1.05. The molecule has 1 N–H and O–H groups in total. The number of hydrogen-bond donors (Lipinski definition) is 1. The highest BCUT2D eigenvalue weighted by Crippen LogP contribution is 1.93. The number of carbonyl (C=O) groups excluding carboxylic acids is 2. The molecule has 0 aliphatic carbocycles. The molecule has 0 bridgehead atoms. The molecule has 0 fully saturated rings. The van der Waals surface area contributed by atoms with Crippen LogP contribution in [-0.2, 0) is 9.53 Å².